The van der Waals surface area contributed by atoms with E-state index in [-0.39, 0.29) is 12.5 Å². The highest BCUT2D eigenvalue weighted by atomic mass is 16.4. The molecule has 6 nitrogen and oxygen atoms in total. The topological polar surface area (TPSA) is 81.7 Å². The van der Waals surface area contributed by atoms with Gasteiger partial charge in [0, 0.05) is 24.0 Å². The van der Waals surface area contributed by atoms with Crippen molar-refractivity contribution >= 4 is 12.0 Å². The van der Waals surface area contributed by atoms with Crippen LogP contribution in [0.1, 0.15) is 59.8 Å². The van der Waals surface area contributed by atoms with E-state index in [2.05, 4.69) is 24.6 Å². The number of urea groups is 1. The van der Waals surface area contributed by atoms with Crippen molar-refractivity contribution in [1.82, 2.24) is 15.8 Å². The Balaban J connectivity index is 2.47. The van der Waals surface area contributed by atoms with Crippen LogP contribution in [0.2, 0.25) is 0 Å². The Morgan fingerprint density at radius 2 is 1.80 bits per heavy atom. The molecule has 3 N–H and O–H groups in total. The number of hydrogen-bond acceptors (Lipinski definition) is 3. The van der Waals surface area contributed by atoms with Gasteiger partial charge in [-0.1, -0.05) is 6.42 Å². The molecule has 0 spiro atoms. The Morgan fingerprint density at radius 1 is 1.25 bits per heavy atom. The van der Waals surface area contributed by atoms with Crippen molar-refractivity contribution in [3.8, 4) is 0 Å². The van der Waals surface area contributed by atoms with Gasteiger partial charge in [0.1, 0.15) is 0 Å². The molecule has 1 rings (SSSR count). The van der Waals surface area contributed by atoms with Crippen molar-refractivity contribution in [2.75, 3.05) is 0 Å². The summed E-state index contributed by atoms with van der Waals surface area (Å²) in [5.41, 5.74) is 2.36. The summed E-state index contributed by atoms with van der Waals surface area (Å²) in [6.45, 7) is 7.87. The summed E-state index contributed by atoms with van der Waals surface area (Å²) in [5.74, 6) is -0.849. The molecule has 0 aromatic carbocycles. The predicted octanol–water partition coefficient (Wildman–Crippen LogP) is 2.11. The summed E-state index contributed by atoms with van der Waals surface area (Å²) in [6.07, 6.45) is 3.79. The third kappa shape index (κ3) is 5.36. The SMILES string of the molecule is CC1CCCC(C)N1NC(=O)NC(C)(C)CCC(=O)O. The van der Waals surface area contributed by atoms with E-state index >= 15 is 0 Å². The molecule has 20 heavy (non-hydrogen) atoms. The fourth-order valence-corrected chi connectivity index (χ4v) is 2.58. The number of carbonyl (C=O) groups excluding carboxylic acids is 1. The van der Waals surface area contributed by atoms with Gasteiger partial charge in [-0.25, -0.2) is 9.80 Å². The lowest BCUT2D eigenvalue weighted by atomic mass is 9.98. The zero-order valence-corrected chi connectivity index (χ0v) is 12.9. The average Bonchev–Trinajstić information content (AvgIpc) is 2.31. The molecule has 0 saturated carbocycles. The number of carboxylic acids is 1. The fourth-order valence-electron chi connectivity index (χ4n) is 2.58. The lowest BCUT2D eigenvalue weighted by Crippen LogP contribution is -2.59. The third-order valence-electron chi connectivity index (χ3n) is 3.84. The maximum Gasteiger partial charge on any atom is 0.329 e. The largest absolute Gasteiger partial charge is 0.481 e. The van der Waals surface area contributed by atoms with Crippen LogP contribution >= 0.6 is 0 Å². The second-order valence-corrected chi connectivity index (χ2v) is 6.38. The second kappa shape index (κ2) is 6.92. The van der Waals surface area contributed by atoms with Gasteiger partial charge in [0.15, 0.2) is 0 Å². The molecule has 2 atom stereocenters. The number of nitrogens with one attached hydrogen (secondary N) is 2. The summed E-state index contributed by atoms with van der Waals surface area (Å²) in [4.78, 5) is 22.6. The Kier molecular flexibility index (Phi) is 5.80. The number of aliphatic carboxylic acids is 1. The molecule has 2 amide bonds. The smallest absolute Gasteiger partial charge is 0.329 e. The predicted molar refractivity (Wildman–Crippen MR) is 77.2 cm³/mol. The van der Waals surface area contributed by atoms with E-state index in [4.69, 9.17) is 5.11 Å². The van der Waals surface area contributed by atoms with Crippen LogP contribution in [0.4, 0.5) is 4.79 Å². The molecule has 2 unspecified atom stereocenters. The van der Waals surface area contributed by atoms with Gasteiger partial charge < -0.3 is 10.4 Å². The first-order chi connectivity index (χ1) is 9.21. The van der Waals surface area contributed by atoms with E-state index in [1.54, 1.807) is 0 Å². The number of piperidine rings is 1. The van der Waals surface area contributed by atoms with E-state index < -0.39 is 11.5 Å². The number of nitrogens with zero attached hydrogens (tertiary/aromatic N) is 1. The van der Waals surface area contributed by atoms with E-state index in [0.29, 0.717) is 18.5 Å². The highest BCUT2D eigenvalue weighted by Gasteiger charge is 2.28. The van der Waals surface area contributed by atoms with Crippen LogP contribution in [0.5, 0.6) is 0 Å². The quantitative estimate of drug-likeness (QED) is 0.722. The summed E-state index contributed by atoms with van der Waals surface area (Å²) in [7, 11) is 0. The second-order valence-electron chi connectivity index (χ2n) is 6.38. The van der Waals surface area contributed by atoms with Gasteiger partial charge in [0.05, 0.1) is 0 Å². The number of hydrazine groups is 1. The molecule has 0 radical (unpaired) electrons. The fraction of sp³-hybridized carbons (Fsp3) is 0.857. The van der Waals surface area contributed by atoms with Crippen molar-refractivity contribution in [2.24, 2.45) is 0 Å². The monoisotopic (exact) mass is 285 g/mol. The normalized spacial score (nSPS) is 24.2. The van der Waals surface area contributed by atoms with Crippen molar-refractivity contribution < 1.29 is 14.7 Å². The van der Waals surface area contributed by atoms with Gasteiger partial charge in [-0.05, 0) is 47.0 Å². The van der Waals surface area contributed by atoms with Crippen molar-refractivity contribution in [3.05, 3.63) is 0 Å². The standard InChI is InChI=1S/C14H27N3O3/c1-10-6-5-7-11(2)17(10)16-13(20)15-14(3,4)9-8-12(18)19/h10-11H,5-9H2,1-4H3,(H,18,19)(H2,15,16,20). The van der Waals surface area contributed by atoms with Gasteiger partial charge in [0.2, 0.25) is 0 Å². The molecular weight excluding hydrogens is 258 g/mol. The summed E-state index contributed by atoms with van der Waals surface area (Å²) < 4.78 is 0. The molecule has 0 aromatic heterocycles. The van der Waals surface area contributed by atoms with Crippen LogP contribution in [0.15, 0.2) is 0 Å². The first kappa shape index (κ1) is 16.8. The number of amides is 2. The van der Waals surface area contributed by atoms with Crippen molar-refractivity contribution in [1.29, 1.82) is 0 Å². The Bertz CT molecular complexity index is 348. The Hall–Kier alpha value is -1.30. The maximum absolute atomic E-state index is 12.1. The lowest BCUT2D eigenvalue weighted by molar-refractivity contribution is -0.137. The summed E-state index contributed by atoms with van der Waals surface area (Å²) >= 11 is 0. The van der Waals surface area contributed by atoms with Gasteiger partial charge >= 0.3 is 12.0 Å². The first-order valence-electron chi connectivity index (χ1n) is 7.30. The van der Waals surface area contributed by atoms with Gasteiger partial charge in [-0.3, -0.25) is 10.2 Å². The molecule has 1 fully saturated rings. The average molecular weight is 285 g/mol. The molecule has 0 aliphatic carbocycles. The van der Waals surface area contributed by atoms with Crippen molar-refractivity contribution in [2.45, 2.75) is 77.4 Å². The number of rotatable bonds is 5. The van der Waals surface area contributed by atoms with Crippen molar-refractivity contribution in [3.63, 3.8) is 0 Å². The van der Waals surface area contributed by atoms with Crippen LogP contribution in [-0.4, -0.2) is 39.7 Å². The highest BCUT2D eigenvalue weighted by molar-refractivity contribution is 5.74. The van der Waals surface area contributed by atoms with Crippen LogP contribution < -0.4 is 10.7 Å². The highest BCUT2D eigenvalue weighted by Crippen LogP contribution is 2.20. The van der Waals surface area contributed by atoms with Gasteiger partial charge in [0.25, 0.3) is 0 Å². The van der Waals surface area contributed by atoms with Crippen LogP contribution in [0.25, 0.3) is 0 Å². The molecule has 1 saturated heterocycles. The minimum atomic E-state index is -0.849. The summed E-state index contributed by atoms with van der Waals surface area (Å²) in [6, 6.07) is 0.388. The van der Waals surface area contributed by atoms with Gasteiger partial charge in [-0.15, -0.1) is 0 Å². The molecule has 6 heteroatoms. The van der Waals surface area contributed by atoms with E-state index in [1.165, 1.54) is 6.42 Å². The van der Waals surface area contributed by atoms with E-state index in [9.17, 15) is 9.59 Å². The molecule has 0 bridgehead atoms. The molecule has 1 aliphatic rings. The first-order valence-corrected chi connectivity index (χ1v) is 7.30. The lowest BCUT2D eigenvalue weighted by Gasteiger charge is -2.39. The van der Waals surface area contributed by atoms with E-state index in [0.717, 1.165) is 12.8 Å². The zero-order chi connectivity index (χ0) is 15.3. The Labute approximate surface area is 120 Å². The van der Waals surface area contributed by atoms with Gasteiger partial charge in [-0.2, -0.15) is 0 Å². The number of carbonyl (C=O) groups is 2. The maximum atomic E-state index is 12.1. The van der Waals surface area contributed by atoms with Crippen LogP contribution in [-0.2, 0) is 4.79 Å². The van der Waals surface area contributed by atoms with Crippen LogP contribution in [0.3, 0.4) is 0 Å². The molecule has 1 heterocycles. The minimum Gasteiger partial charge on any atom is -0.481 e. The molecule has 0 aromatic rings. The molecule has 116 valence electrons. The van der Waals surface area contributed by atoms with Crippen LogP contribution in [0, 0.1) is 0 Å². The third-order valence-corrected chi connectivity index (χ3v) is 3.84. The zero-order valence-electron chi connectivity index (χ0n) is 12.9. The Morgan fingerprint density at radius 3 is 2.30 bits per heavy atom. The number of hydrogen-bond donors (Lipinski definition) is 3. The van der Waals surface area contributed by atoms with E-state index in [1.807, 2.05) is 18.9 Å². The summed E-state index contributed by atoms with van der Waals surface area (Å²) in [5, 5.41) is 13.5. The molecule has 1 aliphatic heterocycles. The number of carboxylic acid groups (broad SMARTS) is 1. The minimum absolute atomic E-state index is 0.0454. The molecular formula is C14H27N3O3.